The van der Waals surface area contributed by atoms with Crippen LogP contribution in [-0.2, 0) is 17.5 Å². The van der Waals surface area contributed by atoms with Gasteiger partial charge in [-0.15, -0.1) is 0 Å². The van der Waals surface area contributed by atoms with Gasteiger partial charge in [0.2, 0.25) is 0 Å². The fourth-order valence-electron chi connectivity index (χ4n) is 1.54. The van der Waals surface area contributed by atoms with Crippen molar-refractivity contribution in [1.82, 2.24) is 0 Å². The van der Waals surface area contributed by atoms with E-state index in [0.717, 1.165) is 17.7 Å². The largest absolute Gasteiger partial charge is 0.493 e. The normalized spacial score (nSPS) is 12.2. The van der Waals surface area contributed by atoms with Crippen molar-refractivity contribution in [3.8, 4) is 11.5 Å². The molecule has 1 aromatic carbocycles. The average molecular weight is 258 g/mol. The summed E-state index contributed by atoms with van der Waals surface area (Å²) < 4.78 is 29.8. The zero-order valence-corrected chi connectivity index (χ0v) is 11.0. The molecule has 0 radical (unpaired) electrons. The lowest BCUT2D eigenvalue weighted by Crippen LogP contribution is -1.99. The van der Waals surface area contributed by atoms with E-state index in [4.69, 9.17) is 14.0 Å². The summed E-state index contributed by atoms with van der Waals surface area (Å²) >= 11 is -1.71. The molecule has 0 aliphatic carbocycles. The van der Waals surface area contributed by atoms with Crippen LogP contribution in [0.15, 0.2) is 18.2 Å². The molecule has 0 bridgehead atoms. The Balaban J connectivity index is 2.67. The van der Waals surface area contributed by atoms with Crippen molar-refractivity contribution in [2.45, 2.75) is 19.8 Å². The minimum atomic E-state index is -1.71. The first kappa shape index (κ1) is 14.0. The Bertz CT molecular complexity index is 379. The minimum absolute atomic E-state index is 0.302. The van der Waals surface area contributed by atoms with Crippen molar-refractivity contribution >= 4 is 11.1 Å². The second-order valence-electron chi connectivity index (χ2n) is 3.55. The van der Waals surface area contributed by atoms with Crippen LogP contribution in [0.2, 0.25) is 0 Å². The van der Waals surface area contributed by atoms with E-state index in [0.29, 0.717) is 24.5 Å². The third-order valence-corrected chi connectivity index (χ3v) is 2.95. The number of benzene rings is 1. The van der Waals surface area contributed by atoms with Crippen LogP contribution in [0.4, 0.5) is 0 Å². The molecule has 1 rings (SSSR count). The van der Waals surface area contributed by atoms with Gasteiger partial charge in [-0.2, -0.15) is 0 Å². The van der Waals surface area contributed by atoms with Crippen LogP contribution in [-0.4, -0.2) is 28.2 Å². The maximum atomic E-state index is 10.5. The van der Waals surface area contributed by atoms with Gasteiger partial charge >= 0.3 is 0 Å². The smallest absolute Gasteiger partial charge is 0.161 e. The standard InChI is InChI=1S/C12H18O4S/c1-3-16-12-9-10(5-4-8-17(13)14)6-7-11(12)15-2/h6-7,9H,3-5,8H2,1-2H3,(H,13,14). The summed E-state index contributed by atoms with van der Waals surface area (Å²) in [6.07, 6.45) is 1.44. The molecule has 1 unspecified atom stereocenters. The molecular formula is C12H18O4S. The van der Waals surface area contributed by atoms with E-state index >= 15 is 0 Å². The zero-order valence-electron chi connectivity index (χ0n) is 10.1. The highest BCUT2D eigenvalue weighted by molar-refractivity contribution is 7.79. The lowest BCUT2D eigenvalue weighted by molar-refractivity contribution is 0.310. The quantitative estimate of drug-likeness (QED) is 0.762. The molecule has 0 aliphatic heterocycles. The van der Waals surface area contributed by atoms with Gasteiger partial charge < -0.3 is 14.0 Å². The number of aryl methyl sites for hydroxylation is 1. The average Bonchev–Trinajstić information content (AvgIpc) is 2.29. The van der Waals surface area contributed by atoms with Crippen LogP contribution in [0.5, 0.6) is 11.5 Å². The van der Waals surface area contributed by atoms with Gasteiger partial charge in [0.15, 0.2) is 22.6 Å². The Labute approximate surface area is 104 Å². The number of methoxy groups -OCH3 is 1. The predicted octanol–water partition coefficient (Wildman–Crippen LogP) is 2.25. The number of ether oxygens (including phenoxy) is 2. The molecule has 1 atom stereocenters. The molecule has 0 heterocycles. The van der Waals surface area contributed by atoms with Gasteiger partial charge in [0.25, 0.3) is 0 Å². The first-order valence-corrected chi connectivity index (χ1v) is 6.82. The van der Waals surface area contributed by atoms with Crippen molar-refractivity contribution < 1.29 is 18.2 Å². The number of hydrogen-bond donors (Lipinski definition) is 1. The summed E-state index contributed by atoms with van der Waals surface area (Å²) in [6, 6.07) is 5.72. The summed E-state index contributed by atoms with van der Waals surface area (Å²) in [5, 5.41) is 0. The molecule has 96 valence electrons. The molecule has 0 amide bonds. The molecule has 0 aliphatic rings. The van der Waals surface area contributed by atoms with Gasteiger partial charge in [-0.1, -0.05) is 6.07 Å². The van der Waals surface area contributed by atoms with Gasteiger partial charge in [0.1, 0.15) is 0 Å². The maximum absolute atomic E-state index is 10.5. The zero-order chi connectivity index (χ0) is 12.7. The molecule has 0 spiro atoms. The van der Waals surface area contributed by atoms with Crippen molar-refractivity contribution in [2.75, 3.05) is 19.5 Å². The fraction of sp³-hybridized carbons (Fsp3) is 0.500. The van der Waals surface area contributed by atoms with E-state index in [-0.39, 0.29) is 0 Å². The molecule has 17 heavy (non-hydrogen) atoms. The lowest BCUT2D eigenvalue weighted by Gasteiger charge is -2.10. The summed E-state index contributed by atoms with van der Waals surface area (Å²) in [6.45, 7) is 2.50. The molecule has 5 heteroatoms. The molecule has 0 fully saturated rings. The molecule has 0 aromatic heterocycles. The monoisotopic (exact) mass is 258 g/mol. The van der Waals surface area contributed by atoms with Crippen LogP contribution >= 0.6 is 0 Å². The van der Waals surface area contributed by atoms with Crippen molar-refractivity contribution in [3.05, 3.63) is 23.8 Å². The molecule has 0 saturated heterocycles. The molecule has 1 aromatic rings. The fourth-order valence-corrected chi connectivity index (χ4v) is 1.94. The van der Waals surface area contributed by atoms with Crippen LogP contribution in [0.3, 0.4) is 0 Å². The van der Waals surface area contributed by atoms with E-state index in [2.05, 4.69) is 0 Å². The van der Waals surface area contributed by atoms with Gasteiger partial charge in [0.05, 0.1) is 13.7 Å². The Morgan fingerprint density at radius 3 is 2.71 bits per heavy atom. The highest BCUT2D eigenvalue weighted by Crippen LogP contribution is 2.28. The molecular weight excluding hydrogens is 240 g/mol. The van der Waals surface area contributed by atoms with Gasteiger partial charge in [-0.25, -0.2) is 4.21 Å². The Hall–Kier alpha value is -1.07. The summed E-state index contributed by atoms with van der Waals surface area (Å²) in [4.78, 5) is 0. The molecule has 1 N–H and O–H groups in total. The summed E-state index contributed by atoms with van der Waals surface area (Å²) in [5.41, 5.74) is 1.08. The highest BCUT2D eigenvalue weighted by Gasteiger charge is 2.05. The van der Waals surface area contributed by atoms with Crippen LogP contribution in [0.1, 0.15) is 18.9 Å². The summed E-state index contributed by atoms with van der Waals surface area (Å²) in [7, 11) is 1.60. The van der Waals surface area contributed by atoms with Crippen LogP contribution in [0, 0.1) is 0 Å². The second kappa shape index (κ2) is 7.29. The van der Waals surface area contributed by atoms with Crippen LogP contribution in [0.25, 0.3) is 0 Å². The lowest BCUT2D eigenvalue weighted by atomic mass is 10.1. The molecule has 4 nitrogen and oxygen atoms in total. The SMILES string of the molecule is CCOc1cc(CCCS(=O)O)ccc1OC. The van der Waals surface area contributed by atoms with Crippen LogP contribution < -0.4 is 9.47 Å². The first-order valence-electron chi connectivity index (χ1n) is 5.54. The second-order valence-corrected chi connectivity index (χ2v) is 4.60. The van der Waals surface area contributed by atoms with E-state index in [1.165, 1.54) is 0 Å². The van der Waals surface area contributed by atoms with Crippen molar-refractivity contribution in [3.63, 3.8) is 0 Å². The van der Waals surface area contributed by atoms with E-state index in [9.17, 15) is 4.21 Å². The highest BCUT2D eigenvalue weighted by atomic mass is 32.2. The summed E-state index contributed by atoms with van der Waals surface area (Å²) in [5.74, 6) is 1.73. The minimum Gasteiger partial charge on any atom is -0.493 e. The third kappa shape index (κ3) is 4.75. The third-order valence-electron chi connectivity index (χ3n) is 2.31. The molecule has 0 saturated carbocycles. The van der Waals surface area contributed by atoms with Gasteiger partial charge in [-0.05, 0) is 37.5 Å². The van der Waals surface area contributed by atoms with E-state index in [1.807, 2.05) is 25.1 Å². The Kier molecular flexibility index (Phi) is 6.00. The van der Waals surface area contributed by atoms with Crippen molar-refractivity contribution in [1.29, 1.82) is 0 Å². The van der Waals surface area contributed by atoms with Crippen molar-refractivity contribution in [2.24, 2.45) is 0 Å². The number of rotatable bonds is 7. The topological polar surface area (TPSA) is 55.8 Å². The Morgan fingerprint density at radius 1 is 1.35 bits per heavy atom. The number of hydrogen-bond acceptors (Lipinski definition) is 3. The van der Waals surface area contributed by atoms with E-state index in [1.54, 1.807) is 7.11 Å². The predicted molar refractivity (Wildman–Crippen MR) is 68.1 cm³/mol. The first-order chi connectivity index (χ1) is 8.17. The maximum Gasteiger partial charge on any atom is 0.161 e. The Morgan fingerprint density at radius 2 is 2.12 bits per heavy atom. The van der Waals surface area contributed by atoms with E-state index < -0.39 is 11.1 Å². The van der Waals surface area contributed by atoms with Gasteiger partial charge in [0, 0.05) is 5.75 Å². The van der Waals surface area contributed by atoms with Gasteiger partial charge in [-0.3, -0.25) is 0 Å².